The first-order valence-electron chi connectivity index (χ1n) is 7.19. The van der Waals surface area contributed by atoms with Gasteiger partial charge in [0, 0.05) is 7.11 Å². The van der Waals surface area contributed by atoms with E-state index in [0.717, 1.165) is 0 Å². The van der Waals surface area contributed by atoms with Gasteiger partial charge in [-0.15, -0.1) is 0 Å². The van der Waals surface area contributed by atoms with Crippen LogP contribution in [-0.4, -0.2) is 88.6 Å². The largest absolute Gasteiger partial charge is 0.479 e. The lowest BCUT2D eigenvalue weighted by Gasteiger charge is -2.28. The molecule has 0 aliphatic carbocycles. The molecule has 0 radical (unpaired) electrons. The number of aliphatic imine (C=N–C) groups is 4. The molecule has 3 aliphatic heterocycles. The second-order valence-electron chi connectivity index (χ2n) is 5.25. The molecule has 0 bridgehead atoms. The van der Waals surface area contributed by atoms with Crippen LogP contribution in [0.1, 0.15) is 0 Å². The summed E-state index contributed by atoms with van der Waals surface area (Å²) in [4.78, 5) is 26.9. The fourth-order valence-electron chi connectivity index (χ4n) is 2.50. The lowest BCUT2D eigenvalue weighted by Crippen LogP contribution is -2.54. The van der Waals surface area contributed by atoms with Gasteiger partial charge in [-0.25, -0.2) is 29.2 Å². The van der Waals surface area contributed by atoms with Crippen LogP contribution < -0.4 is 5.73 Å². The average molecular weight is 344 g/mol. The summed E-state index contributed by atoms with van der Waals surface area (Å²) in [6.07, 6.45) is -8.13. The molecule has 0 aromatic carbocycles. The van der Waals surface area contributed by atoms with Crippen LogP contribution in [0.25, 0.3) is 1.43 Å². The van der Waals surface area contributed by atoms with Gasteiger partial charge < -0.3 is 24.8 Å². The third kappa shape index (κ3) is 2.44. The van der Waals surface area contributed by atoms with E-state index in [1.54, 1.807) is 0 Å². The molecule has 0 spiro atoms. The van der Waals surface area contributed by atoms with E-state index in [0.29, 0.717) is 0 Å². The van der Waals surface area contributed by atoms with E-state index in [2.05, 4.69) is 25.1 Å². The highest BCUT2D eigenvalue weighted by atomic mass is 19.1. The minimum atomic E-state index is -2.09. The van der Waals surface area contributed by atoms with E-state index in [4.69, 9.17) is 16.6 Å². The number of carboxylic acids is 1. The van der Waals surface area contributed by atoms with E-state index in [1.165, 1.54) is 13.4 Å². The molecule has 1 saturated heterocycles. The Morgan fingerprint density at radius 3 is 3.08 bits per heavy atom. The van der Waals surface area contributed by atoms with Crippen molar-refractivity contribution in [1.29, 1.82) is 1.43 Å². The number of alkyl halides is 1. The Morgan fingerprint density at radius 1 is 1.67 bits per heavy atom. The number of hydrogen-bond acceptors (Lipinski definition) is 11. The molecule has 24 heavy (non-hydrogen) atoms. The zero-order valence-electron chi connectivity index (χ0n) is 13.2. The van der Waals surface area contributed by atoms with Gasteiger partial charge in [0.2, 0.25) is 0 Å². The normalized spacial score (nSPS) is 39.5. The number of carboxylic acid groups (broad SMARTS) is 1. The van der Waals surface area contributed by atoms with E-state index >= 15 is 0 Å². The number of carbonyl (C=O) groups is 1. The lowest BCUT2D eigenvalue weighted by molar-refractivity contribution is -0.157. The van der Waals surface area contributed by atoms with Crippen LogP contribution in [0.2, 0.25) is 0 Å². The summed E-state index contributed by atoms with van der Waals surface area (Å²) >= 11 is 0. The van der Waals surface area contributed by atoms with Crippen molar-refractivity contribution < 1.29 is 34.0 Å². The van der Waals surface area contributed by atoms with Gasteiger partial charge in [0.1, 0.15) is 18.5 Å². The molecule has 3 heterocycles. The van der Waals surface area contributed by atoms with Crippen molar-refractivity contribution >= 4 is 29.7 Å². The van der Waals surface area contributed by atoms with Crippen molar-refractivity contribution in [1.82, 2.24) is 0 Å². The molecular formula is C12H14FN5O6. The van der Waals surface area contributed by atoms with Crippen molar-refractivity contribution in [3.63, 3.8) is 0 Å². The number of aliphatic hydroxyl groups excluding tert-OH is 2. The molecule has 11 nitrogen and oxygen atoms in total. The Balaban J connectivity index is 1.90. The Morgan fingerprint density at radius 2 is 2.42 bits per heavy atom. The van der Waals surface area contributed by atoms with Crippen LogP contribution >= 0.6 is 0 Å². The number of rotatable bonds is 4. The molecular weight excluding hydrogens is 329 g/mol. The van der Waals surface area contributed by atoms with Crippen LogP contribution in [0.15, 0.2) is 20.0 Å². The first-order valence-corrected chi connectivity index (χ1v) is 6.78. The summed E-state index contributed by atoms with van der Waals surface area (Å²) in [6.45, 7) is 0. The predicted octanol–water partition coefficient (Wildman–Crippen LogP) is -2.55. The first-order chi connectivity index (χ1) is 11.8. The maximum atomic E-state index is 14.5. The predicted molar refractivity (Wildman–Crippen MR) is 77.9 cm³/mol. The van der Waals surface area contributed by atoms with E-state index in [9.17, 15) is 19.4 Å². The van der Waals surface area contributed by atoms with Crippen molar-refractivity contribution in [2.45, 2.75) is 36.4 Å². The smallest absolute Gasteiger partial charge is 0.335 e. The number of nitrogens with two attached hydrogens (primary N) is 1. The highest BCUT2D eigenvalue weighted by molar-refractivity contribution is 6.50. The van der Waals surface area contributed by atoms with Gasteiger partial charge in [-0.3, -0.25) is 5.73 Å². The van der Waals surface area contributed by atoms with E-state index in [-0.39, 0.29) is 17.4 Å². The van der Waals surface area contributed by atoms with E-state index in [1.807, 2.05) is 0 Å². The molecule has 0 amide bonds. The molecule has 5 N–H and O–H groups in total. The van der Waals surface area contributed by atoms with Gasteiger partial charge in [-0.2, -0.15) is 0 Å². The van der Waals surface area contributed by atoms with Crippen molar-refractivity contribution in [3.05, 3.63) is 0 Å². The van der Waals surface area contributed by atoms with Crippen molar-refractivity contribution in [2.24, 2.45) is 25.7 Å². The number of hydrogen-bond donors (Lipinski definition) is 4. The molecule has 3 aliphatic rings. The number of aliphatic carboxylic acids is 1. The third-order valence-corrected chi connectivity index (χ3v) is 3.79. The van der Waals surface area contributed by atoms with Crippen LogP contribution in [-0.2, 0) is 14.3 Å². The van der Waals surface area contributed by atoms with Gasteiger partial charge >= 0.3 is 5.97 Å². The molecule has 130 valence electrons. The summed E-state index contributed by atoms with van der Waals surface area (Å²) < 4.78 is 31.2. The second kappa shape index (κ2) is 5.75. The Kier molecular flexibility index (Phi) is 3.69. The molecule has 1 fully saturated rings. The molecule has 3 unspecified atom stereocenters. The lowest BCUT2D eigenvalue weighted by atomic mass is 10.0. The molecule has 6 atom stereocenters. The minimum absolute atomic E-state index is 0.0363. The monoisotopic (exact) mass is 344 g/mol. The van der Waals surface area contributed by atoms with Gasteiger partial charge in [-0.1, -0.05) is 0 Å². The second-order valence-corrected chi connectivity index (χ2v) is 5.25. The number of fused-ring (bicyclic) bond motifs is 1. The quantitative estimate of drug-likeness (QED) is 0.406. The number of halogens is 1. The molecule has 0 saturated carbocycles. The molecule has 12 heteroatoms. The SMILES string of the molecule is [2H]OC(=O)C(O)[C@H]1OC(C2=NC(N)(OC)C3=NC=NC3=N2)[C@@H](F)[C@@H]1O. The highest BCUT2D eigenvalue weighted by Gasteiger charge is 2.53. The zero-order chi connectivity index (χ0) is 18.4. The zero-order valence-corrected chi connectivity index (χ0v) is 12.2. The average Bonchev–Trinajstić information content (AvgIpc) is 3.20. The topological polar surface area (TPSA) is 172 Å². The first kappa shape index (κ1) is 15.4. The fourth-order valence-corrected chi connectivity index (χ4v) is 2.50. The van der Waals surface area contributed by atoms with Gasteiger partial charge in [0.15, 0.2) is 35.8 Å². The Hall–Kier alpha value is -2.12. The number of ether oxygens (including phenoxy) is 2. The maximum absolute atomic E-state index is 14.5. The van der Waals surface area contributed by atoms with Crippen molar-refractivity contribution in [2.75, 3.05) is 7.11 Å². The van der Waals surface area contributed by atoms with Crippen LogP contribution in [0.4, 0.5) is 4.39 Å². The summed E-state index contributed by atoms with van der Waals surface area (Å²) in [6, 6.07) is 0. The molecule has 3 rings (SSSR count). The highest BCUT2D eigenvalue weighted by Crippen LogP contribution is 2.30. The summed E-state index contributed by atoms with van der Waals surface area (Å²) in [7, 11) is 1.25. The number of methoxy groups -OCH3 is 1. The summed E-state index contributed by atoms with van der Waals surface area (Å²) in [5, 5.41) is 23.2. The van der Waals surface area contributed by atoms with Gasteiger partial charge in [0.05, 0.1) is 0 Å². The third-order valence-electron chi connectivity index (χ3n) is 3.79. The van der Waals surface area contributed by atoms with Crippen LogP contribution in [0.5, 0.6) is 0 Å². The van der Waals surface area contributed by atoms with Crippen molar-refractivity contribution in [3.8, 4) is 0 Å². The standard InChI is InChI=1S/C12H14FN5O6/c1-23-12(14)8-10(16-2-15-8)17-9(18-12)6-3(13)4(19)7(24-6)5(20)11(21)22/h2-7,19-20H,14H2,1H3,(H,21,22)/t3-,4-,5?,6?,7-,12?/m0/s1/i/hD. The summed E-state index contributed by atoms with van der Waals surface area (Å²) in [5.74, 6) is -3.45. The number of nitrogens with zero attached hydrogens (tertiary/aromatic N) is 4. The number of amidine groups is 2. The van der Waals surface area contributed by atoms with Gasteiger partial charge in [-0.05, 0) is 0 Å². The summed E-state index contributed by atoms with van der Waals surface area (Å²) in [5.41, 5.74) is 6.07. The Labute approximate surface area is 135 Å². The fraction of sp³-hybridized carbons (Fsp3) is 0.583. The van der Waals surface area contributed by atoms with E-state index < -0.39 is 42.4 Å². The molecule has 0 aromatic rings. The Bertz CT molecular complexity index is 714. The van der Waals surface area contributed by atoms with Crippen LogP contribution in [0.3, 0.4) is 0 Å². The minimum Gasteiger partial charge on any atom is -0.479 e. The van der Waals surface area contributed by atoms with Crippen LogP contribution in [0, 0.1) is 0 Å². The molecule has 0 aromatic heterocycles. The number of aliphatic hydroxyl groups is 2. The maximum Gasteiger partial charge on any atom is 0.335 e. The van der Waals surface area contributed by atoms with Gasteiger partial charge in [0.25, 0.3) is 7.28 Å².